The van der Waals surface area contributed by atoms with Gasteiger partial charge in [0.05, 0.1) is 12.7 Å². The molecule has 1 aromatic rings. The summed E-state index contributed by atoms with van der Waals surface area (Å²) in [6.07, 6.45) is 1.39. The van der Waals surface area contributed by atoms with Crippen LogP contribution in [-0.4, -0.2) is 11.7 Å². The quantitative estimate of drug-likeness (QED) is 0.821. The first kappa shape index (κ1) is 14.0. The lowest BCUT2D eigenvalue weighted by Crippen LogP contribution is -2.11. The third-order valence-corrected chi connectivity index (χ3v) is 3.05. The van der Waals surface area contributed by atoms with E-state index < -0.39 is 6.10 Å². The maximum atomic E-state index is 13.1. The van der Waals surface area contributed by atoms with Crippen LogP contribution in [0.2, 0.25) is 0 Å². The van der Waals surface area contributed by atoms with Crippen molar-refractivity contribution in [3.63, 3.8) is 0 Å². The number of aliphatic hydroxyl groups is 1. The fourth-order valence-corrected chi connectivity index (χ4v) is 1.71. The normalized spacial score (nSPS) is 12.8. The second-order valence-electron chi connectivity index (χ2n) is 4.35. The molecule has 0 bridgehead atoms. The molecule has 1 N–H and O–H groups in total. The predicted molar refractivity (Wildman–Crippen MR) is 66.6 cm³/mol. The van der Waals surface area contributed by atoms with Gasteiger partial charge in [0.15, 0.2) is 0 Å². The number of rotatable bonds is 6. The van der Waals surface area contributed by atoms with Crippen LogP contribution in [0.25, 0.3) is 0 Å². The molecule has 1 rings (SSSR count). The molecule has 0 aliphatic carbocycles. The Labute approximate surface area is 102 Å². The molecular weight excluding hydrogens is 219 g/mol. The predicted octanol–water partition coefficient (Wildman–Crippen LogP) is 3.69. The average molecular weight is 240 g/mol. The lowest BCUT2D eigenvalue weighted by atomic mass is 10.0. The first-order chi connectivity index (χ1) is 8.08. The highest BCUT2D eigenvalue weighted by molar-refractivity contribution is 5.35. The van der Waals surface area contributed by atoms with Gasteiger partial charge in [0.25, 0.3) is 0 Å². The molecule has 0 heterocycles. The standard InChI is InChI=1S/C14H21FO2/c1-4-11(5-2)9-17-14-7-6-12(15)8-13(14)10(3)16/h6-8,10-11,16H,4-5,9H2,1-3H3/t10-/m0/s1. The van der Waals surface area contributed by atoms with Crippen molar-refractivity contribution in [1.29, 1.82) is 0 Å². The Bertz CT molecular complexity index is 346. The number of hydrogen-bond acceptors (Lipinski definition) is 2. The number of benzene rings is 1. The molecule has 1 aromatic carbocycles. The van der Waals surface area contributed by atoms with Crippen LogP contribution in [-0.2, 0) is 0 Å². The molecule has 1 atom stereocenters. The number of hydrogen-bond donors (Lipinski definition) is 1. The van der Waals surface area contributed by atoms with E-state index in [1.807, 2.05) is 0 Å². The molecule has 0 saturated heterocycles. The molecule has 0 aliphatic heterocycles. The van der Waals surface area contributed by atoms with E-state index in [0.717, 1.165) is 12.8 Å². The van der Waals surface area contributed by atoms with Crippen molar-refractivity contribution in [2.45, 2.75) is 39.7 Å². The summed E-state index contributed by atoms with van der Waals surface area (Å²) in [5, 5.41) is 9.56. The molecule has 3 heteroatoms. The minimum absolute atomic E-state index is 0.351. The highest BCUT2D eigenvalue weighted by Crippen LogP contribution is 2.26. The van der Waals surface area contributed by atoms with E-state index in [4.69, 9.17) is 4.74 Å². The van der Waals surface area contributed by atoms with Gasteiger partial charge in [0.1, 0.15) is 11.6 Å². The van der Waals surface area contributed by atoms with E-state index in [1.54, 1.807) is 13.0 Å². The minimum Gasteiger partial charge on any atom is -0.493 e. The van der Waals surface area contributed by atoms with Gasteiger partial charge < -0.3 is 9.84 Å². The van der Waals surface area contributed by atoms with Crippen LogP contribution in [0.1, 0.15) is 45.3 Å². The summed E-state index contributed by atoms with van der Waals surface area (Å²) in [5.74, 6) is 0.728. The zero-order chi connectivity index (χ0) is 12.8. The second kappa shape index (κ2) is 6.60. The molecule has 0 saturated carbocycles. The van der Waals surface area contributed by atoms with Gasteiger partial charge >= 0.3 is 0 Å². The van der Waals surface area contributed by atoms with Gasteiger partial charge in [-0.2, -0.15) is 0 Å². The van der Waals surface area contributed by atoms with Crippen molar-refractivity contribution in [1.82, 2.24) is 0 Å². The van der Waals surface area contributed by atoms with Crippen LogP contribution in [0.3, 0.4) is 0 Å². The van der Waals surface area contributed by atoms with Crippen LogP contribution < -0.4 is 4.74 Å². The maximum Gasteiger partial charge on any atom is 0.125 e. The van der Waals surface area contributed by atoms with Crippen molar-refractivity contribution in [3.05, 3.63) is 29.6 Å². The third kappa shape index (κ3) is 4.00. The molecule has 0 fully saturated rings. The monoisotopic (exact) mass is 240 g/mol. The second-order valence-corrected chi connectivity index (χ2v) is 4.35. The summed E-state index contributed by atoms with van der Waals surface area (Å²) in [6, 6.07) is 4.26. The Morgan fingerprint density at radius 2 is 1.94 bits per heavy atom. The zero-order valence-corrected chi connectivity index (χ0v) is 10.7. The number of aliphatic hydroxyl groups excluding tert-OH is 1. The molecule has 0 amide bonds. The van der Waals surface area contributed by atoms with E-state index in [-0.39, 0.29) is 5.82 Å². The average Bonchev–Trinajstić information content (AvgIpc) is 2.31. The fraction of sp³-hybridized carbons (Fsp3) is 0.571. The summed E-state index contributed by atoms with van der Waals surface area (Å²) < 4.78 is 18.7. The number of halogens is 1. The zero-order valence-electron chi connectivity index (χ0n) is 10.7. The summed E-state index contributed by atoms with van der Waals surface area (Å²) >= 11 is 0. The molecule has 96 valence electrons. The number of ether oxygens (including phenoxy) is 1. The summed E-state index contributed by atoms with van der Waals surface area (Å²) in [7, 11) is 0. The van der Waals surface area contributed by atoms with Gasteiger partial charge in [0.2, 0.25) is 0 Å². The fourth-order valence-electron chi connectivity index (χ4n) is 1.71. The first-order valence-electron chi connectivity index (χ1n) is 6.18. The Hall–Kier alpha value is -1.09. The van der Waals surface area contributed by atoms with E-state index >= 15 is 0 Å². The maximum absolute atomic E-state index is 13.1. The van der Waals surface area contributed by atoms with Crippen LogP contribution in [0, 0.1) is 11.7 Å². The summed E-state index contributed by atoms with van der Waals surface area (Å²) in [5.41, 5.74) is 0.510. The molecule has 0 radical (unpaired) electrons. The minimum atomic E-state index is -0.720. The lowest BCUT2D eigenvalue weighted by molar-refractivity contribution is 0.184. The van der Waals surface area contributed by atoms with Gasteiger partial charge in [-0.3, -0.25) is 0 Å². The molecular formula is C14H21FO2. The van der Waals surface area contributed by atoms with Gasteiger partial charge in [0, 0.05) is 5.56 Å². The van der Waals surface area contributed by atoms with Crippen molar-refractivity contribution < 1.29 is 14.2 Å². The smallest absolute Gasteiger partial charge is 0.125 e. The molecule has 0 aliphatic rings. The van der Waals surface area contributed by atoms with E-state index in [2.05, 4.69) is 13.8 Å². The Balaban J connectivity index is 2.76. The van der Waals surface area contributed by atoms with Gasteiger partial charge in [-0.25, -0.2) is 4.39 Å². The summed E-state index contributed by atoms with van der Waals surface area (Å²) in [4.78, 5) is 0. The highest BCUT2D eigenvalue weighted by Gasteiger charge is 2.12. The van der Waals surface area contributed by atoms with Crippen LogP contribution in [0.5, 0.6) is 5.75 Å². The van der Waals surface area contributed by atoms with Crippen LogP contribution >= 0.6 is 0 Å². The first-order valence-corrected chi connectivity index (χ1v) is 6.18. The van der Waals surface area contributed by atoms with E-state index in [0.29, 0.717) is 23.8 Å². The Morgan fingerprint density at radius 1 is 1.29 bits per heavy atom. The van der Waals surface area contributed by atoms with Gasteiger partial charge in [-0.1, -0.05) is 26.7 Å². The largest absolute Gasteiger partial charge is 0.493 e. The van der Waals surface area contributed by atoms with Gasteiger partial charge in [-0.15, -0.1) is 0 Å². The van der Waals surface area contributed by atoms with Crippen LogP contribution in [0.4, 0.5) is 4.39 Å². The van der Waals surface area contributed by atoms with Crippen molar-refractivity contribution in [2.75, 3.05) is 6.61 Å². The molecule has 17 heavy (non-hydrogen) atoms. The Kier molecular flexibility index (Phi) is 5.42. The molecule has 0 aromatic heterocycles. The SMILES string of the molecule is CCC(CC)COc1ccc(F)cc1[C@H](C)O. The third-order valence-electron chi connectivity index (χ3n) is 3.05. The van der Waals surface area contributed by atoms with Crippen molar-refractivity contribution >= 4 is 0 Å². The Morgan fingerprint density at radius 3 is 2.47 bits per heavy atom. The summed E-state index contributed by atoms with van der Waals surface area (Å²) in [6.45, 7) is 6.46. The van der Waals surface area contributed by atoms with Crippen LogP contribution in [0.15, 0.2) is 18.2 Å². The highest BCUT2D eigenvalue weighted by atomic mass is 19.1. The lowest BCUT2D eigenvalue weighted by Gasteiger charge is -2.17. The van der Waals surface area contributed by atoms with Crippen molar-refractivity contribution in [2.24, 2.45) is 5.92 Å². The van der Waals surface area contributed by atoms with E-state index in [1.165, 1.54) is 12.1 Å². The molecule has 2 nitrogen and oxygen atoms in total. The van der Waals surface area contributed by atoms with Crippen molar-refractivity contribution in [3.8, 4) is 5.75 Å². The topological polar surface area (TPSA) is 29.5 Å². The van der Waals surface area contributed by atoms with Gasteiger partial charge in [-0.05, 0) is 31.0 Å². The molecule has 0 unspecified atom stereocenters. The molecule has 0 spiro atoms. The van der Waals surface area contributed by atoms with E-state index in [9.17, 15) is 9.50 Å².